The molecule has 0 aliphatic rings. The van der Waals surface area contributed by atoms with Crippen LogP contribution in [0.25, 0.3) is 0 Å². The maximum Gasteiger partial charge on any atom is 0.319 e. The lowest BCUT2D eigenvalue weighted by Gasteiger charge is -2.22. The fraction of sp³-hybridized carbons (Fsp3) is 0.833. The summed E-state index contributed by atoms with van der Waals surface area (Å²) in [6.45, 7) is 16.0. The molecule has 2 atom stereocenters. The molecule has 0 aromatic carbocycles. The first-order chi connectivity index (χ1) is 15.3. The molecule has 8 nitrogen and oxygen atoms in total. The lowest BCUT2D eigenvalue weighted by Crippen LogP contribution is -2.33. The van der Waals surface area contributed by atoms with Crippen molar-refractivity contribution in [2.45, 2.75) is 78.7 Å². The lowest BCUT2D eigenvalue weighted by molar-refractivity contribution is -0.151. The molecule has 0 bridgehead atoms. The predicted octanol–water partition coefficient (Wildman–Crippen LogP) is 4.03. The second-order valence-corrected chi connectivity index (χ2v) is 11.1. The Morgan fingerprint density at radius 2 is 0.788 bits per heavy atom. The van der Waals surface area contributed by atoms with Crippen LogP contribution in [0.2, 0.25) is 0 Å². The summed E-state index contributed by atoms with van der Waals surface area (Å²) in [6.07, 6.45) is -0.549. The number of carbonyl (C=O) groups is 4. The topological polar surface area (TPSA) is 105 Å². The Morgan fingerprint density at radius 3 is 1.06 bits per heavy atom. The van der Waals surface area contributed by atoms with Crippen LogP contribution in [0.3, 0.4) is 0 Å². The molecule has 0 saturated carbocycles. The highest BCUT2D eigenvalue weighted by Crippen LogP contribution is 2.27. The molecule has 0 rings (SSSR count). The third-order valence-electron chi connectivity index (χ3n) is 3.83. The average Bonchev–Trinajstić information content (AvgIpc) is 2.71. The molecule has 2 unspecified atom stereocenters. The zero-order valence-corrected chi connectivity index (χ0v) is 22.2. The second-order valence-electron chi connectivity index (χ2n) is 9.72. The maximum absolute atomic E-state index is 12.7. The van der Waals surface area contributed by atoms with Gasteiger partial charge < -0.3 is 18.9 Å². The van der Waals surface area contributed by atoms with Gasteiger partial charge in [-0.3, -0.25) is 19.2 Å². The molecule has 0 amide bonds. The standard InChI is InChI=1S/C24H42O8S/c1-15(2)11-29-21(25)9-19(23(27)31-13-17(5)6)33-20(24(28)32-14-18(7)8)10-22(26)30-12-16(3)4/h15-20H,9-14H2,1-8H3. The number of rotatable bonds is 16. The number of hydrogen-bond donors (Lipinski definition) is 0. The summed E-state index contributed by atoms with van der Waals surface area (Å²) in [7, 11) is 0. The van der Waals surface area contributed by atoms with Crippen LogP contribution in [-0.4, -0.2) is 60.8 Å². The average molecular weight is 491 g/mol. The molecular formula is C24H42O8S. The highest BCUT2D eigenvalue weighted by atomic mass is 32.2. The monoisotopic (exact) mass is 490 g/mol. The van der Waals surface area contributed by atoms with E-state index in [9.17, 15) is 19.2 Å². The second kappa shape index (κ2) is 16.8. The number of thioether (sulfide) groups is 1. The van der Waals surface area contributed by atoms with Gasteiger partial charge in [0.05, 0.1) is 39.3 Å². The van der Waals surface area contributed by atoms with Gasteiger partial charge in [0.25, 0.3) is 0 Å². The van der Waals surface area contributed by atoms with Crippen molar-refractivity contribution in [3.8, 4) is 0 Å². The van der Waals surface area contributed by atoms with Crippen LogP contribution in [0.5, 0.6) is 0 Å². The smallest absolute Gasteiger partial charge is 0.319 e. The quantitative estimate of drug-likeness (QED) is 0.234. The molecule has 0 aromatic rings. The van der Waals surface area contributed by atoms with Crippen molar-refractivity contribution in [3.05, 3.63) is 0 Å². The Balaban J connectivity index is 5.49. The van der Waals surface area contributed by atoms with Gasteiger partial charge in [0.2, 0.25) is 0 Å². The van der Waals surface area contributed by atoms with E-state index in [0.717, 1.165) is 11.8 Å². The molecule has 0 fully saturated rings. The highest BCUT2D eigenvalue weighted by molar-refractivity contribution is 8.01. The Morgan fingerprint density at radius 1 is 0.515 bits per heavy atom. The van der Waals surface area contributed by atoms with Crippen molar-refractivity contribution < 1.29 is 38.1 Å². The fourth-order valence-corrected chi connectivity index (χ4v) is 3.42. The summed E-state index contributed by atoms with van der Waals surface area (Å²) in [5.74, 6) is -1.92. The Bertz CT molecular complexity index is 564. The minimum absolute atomic E-state index is 0.102. The Kier molecular flexibility index (Phi) is 15.9. The van der Waals surface area contributed by atoms with Crippen molar-refractivity contribution in [2.75, 3.05) is 26.4 Å². The largest absolute Gasteiger partial charge is 0.465 e. The molecule has 0 aliphatic heterocycles. The summed E-state index contributed by atoms with van der Waals surface area (Å²) in [5, 5.41) is -2.03. The van der Waals surface area contributed by atoms with Gasteiger partial charge in [0.15, 0.2) is 0 Å². The summed E-state index contributed by atoms with van der Waals surface area (Å²) in [6, 6.07) is 0. The van der Waals surface area contributed by atoms with Crippen LogP contribution in [0.15, 0.2) is 0 Å². The van der Waals surface area contributed by atoms with E-state index in [1.54, 1.807) is 0 Å². The molecule has 33 heavy (non-hydrogen) atoms. The SMILES string of the molecule is CC(C)COC(=O)CC(SC(CC(=O)OCC(C)C)C(=O)OCC(C)C)C(=O)OCC(C)C. The lowest BCUT2D eigenvalue weighted by atomic mass is 10.2. The summed E-state index contributed by atoms with van der Waals surface area (Å²) >= 11 is 0.884. The molecule has 0 saturated heterocycles. The van der Waals surface area contributed by atoms with Gasteiger partial charge >= 0.3 is 23.9 Å². The van der Waals surface area contributed by atoms with Crippen LogP contribution in [-0.2, 0) is 38.1 Å². The molecule has 0 N–H and O–H groups in total. The van der Waals surface area contributed by atoms with Crippen LogP contribution < -0.4 is 0 Å². The van der Waals surface area contributed by atoms with E-state index in [1.165, 1.54) is 0 Å². The molecule has 0 aliphatic carbocycles. The van der Waals surface area contributed by atoms with Crippen LogP contribution in [0.1, 0.15) is 68.2 Å². The van der Waals surface area contributed by atoms with Crippen molar-refractivity contribution in [3.63, 3.8) is 0 Å². The molecule has 192 valence electrons. The number of ether oxygens (including phenoxy) is 4. The van der Waals surface area contributed by atoms with Gasteiger partial charge in [0, 0.05) is 0 Å². The van der Waals surface area contributed by atoms with E-state index in [-0.39, 0.29) is 62.9 Å². The molecule has 0 heterocycles. The van der Waals surface area contributed by atoms with Gasteiger partial charge in [-0.15, -0.1) is 11.8 Å². The fourth-order valence-electron chi connectivity index (χ4n) is 2.20. The molecule has 0 aromatic heterocycles. The first-order valence-corrected chi connectivity index (χ1v) is 12.6. The van der Waals surface area contributed by atoms with Crippen LogP contribution in [0, 0.1) is 23.7 Å². The molecular weight excluding hydrogens is 448 g/mol. The normalized spacial score (nSPS) is 13.2. The number of hydrogen-bond acceptors (Lipinski definition) is 9. The zero-order valence-electron chi connectivity index (χ0n) is 21.4. The van der Waals surface area contributed by atoms with E-state index in [2.05, 4.69) is 0 Å². The van der Waals surface area contributed by atoms with E-state index >= 15 is 0 Å². The maximum atomic E-state index is 12.7. The molecule has 0 spiro atoms. The van der Waals surface area contributed by atoms with Gasteiger partial charge in [0.1, 0.15) is 10.5 Å². The third kappa shape index (κ3) is 16.5. The third-order valence-corrected chi connectivity index (χ3v) is 5.21. The van der Waals surface area contributed by atoms with Gasteiger partial charge in [-0.1, -0.05) is 55.4 Å². The summed E-state index contributed by atoms with van der Waals surface area (Å²) in [4.78, 5) is 50.1. The first-order valence-electron chi connectivity index (χ1n) is 11.6. The Hall–Kier alpha value is -1.77. The Labute approximate surface area is 202 Å². The molecule has 0 radical (unpaired) electrons. The van der Waals surface area contributed by atoms with Gasteiger partial charge in [-0.25, -0.2) is 0 Å². The van der Waals surface area contributed by atoms with Gasteiger partial charge in [-0.2, -0.15) is 0 Å². The first kappa shape index (κ1) is 31.2. The van der Waals surface area contributed by atoms with E-state index in [1.807, 2.05) is 55.4 Å². The van der Waals surface area contributed by atoms with Gasteiger partial charge in [-0.05, 0) is 23.7 Å². The van der Waals surface area contributed by atoms with E-state index < -0.39 is 34.4 Å². The van der Waals surface area contributed by atoms with Crippen LogP contribution >= 0.6 is 11.8 Å². The zero-order chi connectivity index (χ0) is 25.6. The van der Waals surface area contributed by atoms with Crippen LogP contribution in [0.4, 0.5) is 0 Å². The predicted molar refractivity (Wildman–Crippen MR) is 128 cm³/mol. The minimum Gasteiger partial charge on any atom is -0.465 e. The number of carbonyl (C=O) groups excluding carboxylic acids is 4. The summed E-state index contributed by atoms with van der Waals surface area (Å²) in [5.41, 5.74) is 0. The van der Waals surface area contributed by atoms with E-state index in [0.29, 0.717) is 0 Å². The van der Waals surface area contributed by atoms with Crippen molar-refractivity contribution >= 4 is 35.6 Å². The minimum atomic E-state index is -1.02. The molecule has 9 heteroatoms. The van der Waals surface area contributed by atoms with Crippen molar-refractivity contribution in [1.82, 2.24) is 0 Å². The van der Waals surface area contributed by atoms with E-state index in [4.69, 9.17) is 18.9 Å². The van der Waals surface area contributed by atoms with Crippen molar-refractivity contribution in [2.24, 2.45) is 23.7 Å². The van der Waals surface area contributed by atoms with Crippen molar-refractivity contribution in [1.29, 1.82) is 0 Å². The highest BCUT2D eigenvalue weighted by Gasteiger charge is 2.34. The summed E-state index contributed by atoms with van der Waals surface area (Å²) < 4.78 is 21.1. The number of esters is 4.